The third-order valence-electron chi connectivity index (χ3n) is 5.00. The first kappa shape index (κ1) is 20.0. The third-order valence-corrected chi connectivity index (χ3v) is 7.33. The van der Waals surface area contributed by atoms with E-state index in [9.17, 15) is 9.59 Å². The van der Waals surface area contributed by atoms with Crippen LogP contribution in [0.4, 0.5) is 5.69 Å². The fourth-order valence-corrected chi connectivity index (χ4v) is 5.69. The van der Waals surface area contributed by atoms with Crippen molar-refractivity contribution in [3.05, 3.63) is 45.1 Å². The van der Waals surface area contributed by atoms with E-state index in [1.807, 2.05) is 38.1 Å². The first-order chi connectivity index (χ1) is 14.0. The minimum atomic E-state index is -0.424. The van der Waals surface area contributed by atoms with Crippen molar-refractivity contribution >= 4 is 44.9 Å². The molecule has 0 saturated carbocycles. The van der Waals surface area contributed by atoms with Crippen LogP contribution in [0.25, 0.3) is 10.2 Å². The number of nitrogens with one attached hydrogen (secondary N) is 1. The zero-order valence-corrected chi connectivity index (χ0v) is 18.3. The number of fused-ring (bicyclic) bond motifs is 3. The number of rotatable bonds is 6. The standard InChI is InChI=1S/C21H23N3O3S2/c1-4-27-15-10-6-5-9-14(15)22-18(25)12(2)28-21-23-19-17(20(26)24(21)3)13-8-7-11-16(13)29-19/h5-6,9-10,12H,4,7-8,11H2,1-3H3,(H,22,25). The van der Waals surface area contributed by atoms with Gasteiger partial charge in [-0.3, -0.25) is 14.2 Å². The molecule has 0 bridgehead atoms. The fourth-order valence-electron chi connectivity index (χ4n) is 3.51. The number of nitrogens with zero attached hydrogens (tertiary/aromatic N) is 2. The highest BCUT2D eigenvalue weighted by atomic mass is 32.2. The number of benzene rings is 1. The number of ether oxygens (including phenoxy) is 1. The Bertz CT molecular complexity index is 1140. The van der Waals surface area contributed by atoms with Crippen LogP contribution in [0.2, 0.25) is 0 Å². The Morgan fingerprint density at radius 2 is 2.17 bits per heavy atom. The molecule has 4 rings (SSSR count). The number of thioether (sulfide) groups is 1. The molecular weight excluding hydrogens is 406 g/mol. The summed E-state index contributed by atoms with van der Waals surface area (Å²) in [6, 6.07) is 7.36. The summed E-state index contributed by atoms with van der Waals surface area (Å²) in [6.45, 7) is 4.24. The Balaban J connectivity index is 1.56. The normalized spacial score (nSPS) is 14.0. The lowest BCUT2D eigenvalue weighted by Crippen LogP contribution is -2.25. The molecule has 1 N–H and O–H groups in total. The summed E-state index contributed by atoms with van der Waals surface area (Å²) in [4.78, 5) is 32.5. The second-order valence-electron chi connectivity index (χ2n) is 6.97. The summed E-state index contributed by atoms with van der Waals surface area (Å²) < 4.78 is 7.14. The SMILES string of the molecule is CCOc1ccccc1NC(=O)C(C)Sc1nc2sc3c(c2c(=O)n1C)CCC3. The van der Waals surface area contributed by atoms with Gasteiger partial charge in [0.1, 0.15) is 10.6 Å². The molecule has 3 aromatic rings. The number of hydrogen-bond donors (Lipinski definition) is 1. The quantitative estimate of drug-likeness (QED) is 0.474. The Labute approximate surface area is 177 Å². The monoisotopic (exact) mass is 429 g/mol. The number of carbonyl (C=O) groups excluding carboxylic acids is 1. The van der Waals surface area contributed by atoms with Crippen molar-refractivity contribution in [3.63, 3.8) is 0 Å². The van der Waals surface area contributed by atoms with Crippen molar-refractivity contribution < 1.29 is 9.53 Å². The van der Waals surface area contributed by atoms with Crippen molar-refractivity contribution in [3.8, 4) is 5.75 Å². The van der Waals surface area contributed by atoms with Gasteiger partial charge in [0, 0.05) is 11.9 Å². The van der Waals surface area contributed by atoms with Crippen LogP contribution in [-0.2, 0) is 24.7 Å². The fraction of sp³-hybridized carbons (Fsp3) is 0.381. The van der Waals surface area contributed by atoms with Gasteiger partial charge < -0.3 is 10.1 Å². The summed E-state index contributed by atoms with van der Waals surface area (Å²) in [7, 11) is 1.73. The van der Waals surface area contributed by atoms with E-state index in [-0.39, 0.29) is 11.5 Å². The highest BCUT2D eigenvalue weighted by Gasteiger charge is 2.24. The van der Waals surface area contributed by atoms with Crippen LogP contribution >= 0.6 is 23.1 Å². The molecule has 1 unspecified atom stereocenters. The summed E-state index contributed by atoms with van der Waals surface area (Å²) >= 11 is 2.91. The molecule has 2 aromatic heterocycles. The molecule has 152 valence electrons. The summed E-state index contributed by atoms with van der Waals surface area (Å²) in [5.74, 6) is 0.478. The number of para-hydroxylation sites is 2. The molecule has 8 heteroatoms. The molecule has 6 nitrogen and oxygen atoms in total. The van der Waals surface area contributed by atoms with Gasteiger partial charge in [-0.1, -0.05) is 23.9 Å². The van der Waals surface area contributed by atoms with Crippen molar-refractivity contribution in [1.29, 1.82) is 0 Å². The average Bonchev–Trinajstić information content (AvgIpc) is 3.28. The Kier molecular flexibility index (Phi) is 5.65. The van der Waals surface area contributed by atoms with Crippen molar-refractivity contribution in [2.45, 2.75) is 43.5 Å². The highest BCUT2D eigenvalue weighted by Crippen LogP contribution is 2.36. The first-order valence-electron chi connectivity index (χ1n) is 9.70. The highest BCUT2D eigenvalue weighted by molar-refractivity contribution is 8.00. The summed E-state index contributed by atoms with van der Waals surface area (Å²) in [6.07, 6.45) is 3.09. The molecule has 1 atom stereocenters. The number of thiophene rings is 1. The number of amides is 1. The van der Waals surface area contributed by atoms with E-state index in [0.717, 1.165) is 29.5 Å². The number of carbonyl (C=O) groups is 1. The smallest absolute Gasteiger partial charge is 0.262 e. The lowest BCUT2D eigenvalue weighted by Gasteiger charge is -2.15. The topological polar surface area (TPSA) is 73.2 Å². The minimum absolute atomic E-state index is 0.0220. The van der Waals surface area contributed by atoms with E-state index >= 15 is 0 Å². The van der Waals surface area contributed by atoms with E-state index < -0.39 is 5.25 Å². The van der Waals surface area contributed by atoms with Crippen LogP contribution < -0.4 is 15.6 Å². The van der Waals surface area contributed by atoms with Crippen molar-refractivity contribution in [2.75, 3.05) is 11.9 Å². The molecule has 0 saturated heterocycles. The number of hydrogen-bond acceptors (Lipinski definition) is 6. The van der Waals surface area contributed by atoms with Gasteiger partial charge >= 0.3 is 0 Å². The van der Waals surface area contributed by atoms with Crippen molar-refractivity contribution in [1.82, 2.24) is 9.55 Å². The Morgan fingerprint density at radius 1 is 1.38 bits per heavy atom. The van der Waals surface area contributed by atoms with Crippen LogP contribution in [0, 0.1) is 0 Å². The Hall–Kier alpha value is -2.32. The Morgan fingerprint density at radius 3 is 2.97 bits per heavy atom. The summed E-state index contributed by atoms with van der Waals surface area (Å²) in [5.41, 5.74) is 1.79. The van der Waals surface area contributed by atoms with Gasteiger partial charge in [0.25, 0.3) is 5.56 Å². The van der Waals surface area contributed by atoms with Gasteiger partial charge in [0.2, 0.25) is 5.91 Å². The van der Waals surface area contributed by atoms with Crippen LogP contribution in [0.1, 0.15) is 30.7 Å². The third kappa shape index (κ3) is 3.79. The molecule has 29 heavy (non-hydrogen) atoms. The number of aryl methyl sites for hydroxylation is 2. The average molecular weight is 430 g/mol. The number of anilines is 1. The van der Waals surface area contributed by atoms with Gasteiger partial charge in [0.15, 0.2) is 5.16 Å². The molecule has 1 aromatic carbocycles. The second-order valence-corrected chi connectivity index (χ2v) is 9.37. The molecule has 1 aliphatic carbocycles. The van der Waals surface area contributed by atoms with Crippen LogP contribution in [0.5, 0.6) is 5.75 Å². The molecule has 1 aliphatic rings. The first-order valence-corrected chi connectivity index (χ1v) is 11.4. The predicted octanol–water partition coefficient (Wildman–Crippen LogP) is 4.00. The molecule has 0 radical (unpaired) electrons. The summed E-state index contributed by atoms with van der Waals surface area (Å²) in [5, 5.41) is 3.82. The maximum absolute atomic E-state index is 12.9. The van der Waals surface area contributed by atoms with Gasteiger partial charge in [0.05, 0.1) is 22.9 Å². The number of aromatic nitrogens is 2. The van der Waals surface area contributed by atoms with Gasteiger partial charge in [-0.2, -0.15) is 0 Å². The molecule has 0 spiro atoms. The molecule has 0 aliphatic heterocycles. The molecular formula is C21H23N3O3S2. The van der Waals surface area contributed by atoms with E-state index in [0.29, 0.717) is 23.2 Å². The predicted molar refractivity (Wildman–Crippen MR) is 118 cm³/mol. The maximum Gasteiger partial charge on any atom is 0.262 e. The van der Waals surface area contributed by atoms with E-state index in [1.54, 1.807) is 23.0 Å². The minimum Gasteiger partial charge on any atom is -0.492 e. The zero-order chi connectivity index (χ0) is 20.5. The van der Waals surface area contributed by atoms with Gasteiger partial charge in [-0.25, -0.2) is 4.98 Å². The maximum atomic E-state index is 12.9. The zero-order valence-electron chi connectivity index (χ0n) is 16.7. The lowest BCUT2D eigenvalue weighted by molar-refractivity contribution is -0.115. The van der Waals surface area contributed by atoms with E-state index in [4.69, 9.17) is 9.72 Å². The second kappa shape index (κ2) is 8.20. The largest absolute Gasteiger partial charge is 0.492 e. The molecule has 2 heterocycles. The molecule has 1 amide bonds. The van der Waals surface area contributed by atoms with Crippen LogP contribution in [0.3, 0.4) is 0 Å². The lowest BCUT2D eigenvalue weighted by atomic mass is 10.2. The van der Waals surface area contributed by atoms with Crippen molar-refractivity contribution in [2.24, 2.45) is 7.05 Å². The van der Waals surface area contributed by atoms with E-state index in [1.165, 1.54) is 22.2 Å². The van der Waals surface area contributed by atoms with Gasteiger partial charge in [-0.05, 0) is 50.8 Å². The van der Waals surface area contributed by atoms with Gasteiger partial charge in [-0.15, -0.1) is 11.3 Å². The van der Waals surface area contributed by atoms with E-state index in [2.05, 4.69) is 5.32 Å². The molecule has 0 fully saturated rings. The van der Waals surface area contributed by atoms with Crippen LogP contribution in [0.15, 0.2) is 34.2 Å². The van der Waals surface area contributed by atoms with Crippen LogP contribution in [-0.4, -0.2) is 27.3 Å².